The fourth-order valence-corrected chi connectivity index (χ4v) is 3.00. The Kier molecular flexibility index (Phi) is 4.50. The van der Waals surface area contributed by atoms with Crippen LogP contribution in [0.15, 0.2) is 53.1 Å². The quantitative estimate of drug-likeness (QED) is 0.695. The molecule has 4 rings (SSSR count). The van der Waals surface area contributed by atoms with Gasteiger partial charge in [-0.25, -0.2) is 14.6 Å². The van der Waals surface area contributed by atoms with E-state index in [-0.39, 0.29) is 24.3 Å². The highest BCUT2D eigenvalue weighted by Gasteiger charge is 2.34. The van der Waals surface area contributed by atoms with Crippen LogP contribution in [0.5, 0.6) is 0 Å². The summed E-state index contributed by atoms with van der Waals surface area (Å²) in [6.45, 7) is 0.193. The van der Waals surface area contributed by atoms with Crippen molar-refractivity contribution >= 4 is 28.5 Å². The summed E-state index contributed by atoms with van der Waals surface area (Å²) in [5, 5.41) is 5.03. The molecule has 1 saturated carbocycles. The van der Waals surface area contributed by atoms with Gasteiger partial charge in [-0.1, -0.05) is 36.4 Å². The van der Waals surface area contributed by atoms with Crippen LogP contribution < -0.4 is 5.32 Å². The van der Waals surface area contributed by atoms with E-state index in [1.54, 1.807) is 4.90 Å². The van der Waals surface area contributed by atoms with E-state index in [0.29, 0.717) is 5.89 Å². The second-order valence-corrected chi connectivity index (χ2v) is 6.43. The van der Waals surface area contributed by atoms with Gasteiger partial charge in [-0.3, -0.25) is 0 Å². The fraction of sp³-hybridized carbons (Fsp3) is 0.250. The molecular weight excluding hydrogens is 346 g/mol. The lowest BCUT2D eigenvalue weighted by atomic mass is 10.1. The molecule has 0 saturated heterocycles. The fourth-order valence-electron chi connectivity index (χ4n) is 3.00. The van der Waals surface area contributed by atoms with Gasteiger partial charge in [0.15, 0.2) is 5.69 Å². The maximum Gasteiger partial charge on any atom is 0.360 e. The van der Waals surface area contributed by atoms with E-state index < -0.39 is 5.97 Å². The van der Waals surface area contributed by atoms with Crippen LogP contribution in [0.25, 0.3) is 10.8 Å². The van der Waals surface area contributed by atoms with Gasteiger partial charge in [0.05, 0.1) is 19.3 Å². The predicted molar refractivity (Wildman–Crippen MR) is 99.4 cm³/mol. The average Bonchev–Trinajstić information content (AvgIpc) is 3.43. The third-order valence-corrected chi connectivity index (χ3v) is 4.53. The van der Waals surface area contributed by atoms with Gasteiger partial charge in [0, 0.05) is 11.4 Å². The molecule has 0 radical (unpaired) electrons. The van der Waals surface area contributed by atoms with Crippen molar-refractivity contribution in [2.24, 2.45) is 0 Å². The Morgan fingerprint density at radius 3 is 2.78 bits per heavy atom. The van der Waals surface area contributed by atoms with E-state index in [0.717, 1.165) is 29.3 Å². The molecule has 138 valence electrons. The van der Waals surface area contributed by atoms with E-state index in [2.05, 4.69) is 15.0 Å². The molecule has 0 atom stereocenters. The molecule has 1 fully saturated rings. The summed E-state index contributed by atoms with van der Waals surface area (Å²) >= 11 is 0. The number of amides is 2. The molecule has 0 unspecified atom stereocenters. The summed E-state index contributed by atoms with van der Waals surface area (Å²) in [6, 6.07) is 13.6. The number of benzene rings is 2. The Balaban J connectivity index is 1.53. The molecule has 7 nitrogen and oxygen atoms in total. The molecule has 1 aliphatic rings. The Hall–Kier alpha value is -3.35. The molecule has 2 amide bonds. The summed E-state index contributed by atoms with van der Waals surface area (Å²) < 4.78 is 9.96. The minimum absolute atomic E-state index is 0.0951. The lowest BCUT2D eigenvalue weighted by molar-refractivity contribution is 0.0594. The van der Waals surface area contributed by atoms with E-state index in [1.807, 2.05) is 42.5 Å². The summed E-state index contributed by atoms with van der Waals surface area (Å²) in [5.74, 6) is -0.265. The predicted octanol–water partition coefficient (Wildman–Crippen LogP) is 3.81. The number of nitrogens with one attached hydrogen (secondary N) is 1. The number of oxazole rings is 1. The van der Waals surface area contributed by atoms with Gasteiger partial charge in [0.2, 0.25) is 5.89 Å². The van der Waals surface area contributed by atoms with Gasteiger partial charge in [-0.05, 0) is 24.3 Å². The molecule has 0 aliphatic heterocycles. The monoisotopic (exact) mass is 365 g/mol. The van der Waals surface area contributed by atoms with Crippen LogP contribution in [0, 0.1) is 0 Å². The van der Waals surface area contributed by atoms with Crippen molar-refractivity contribution in [3.63, 3.8) is 0 Å². The first-order chi connectivity index (χ1) is 13.2. The first-order valence-electron chi connectivity index (χ1n) is 8.74. The highest BCUT2D eigenvalue weighted by atomic mass is 16.5. The number of carbonyl (C=O) groups excluding carboxylic acids is 2. The van der Waals surface area contributed by atoms with Gasteiger partial charge in [-0.2, -0.15) is 0 Å². The van der Waals surface area contributed by atoms with E-state index in [4.69, 9.17) is 4.42 Å². The number of nitrogens with zero attached hydrogens (tertiary/aromatic N) is 2. The lowest BCUT2D eigenvalue weighted by Gasteiger charge is -2.21. The molecule has 1 heterocycles. The number of fused-ring (bicyclic) bond motifs is 1. The Morgan fingerprint density at radius 2 is 2.00 bits per heavy atom. The molecule has 27 heavy (non-hydrogen) atoms. The zero-order valence-electron chi connectivity index (χ0n) is 14.8. The van der Waals surface area contributed by atoms with Gasteiger partial charge < -0.3 is 19.4 Å². The molecule has 3 aromatic rings. The number of esters is 1. The van der Waals surface area contributed by atoms with Crippen molar-refractivity contribution < 1.29 is 18.7 Å². The van der Waals surface area contributed by atoms with Crippen molar-refractivity contribution in [2.75, 3.05) is 12.4 Å². The normalized spacial score (nSPS) is 13.4. The maximum atomic E-state index is 12.9. The number of carbonyl (C=O) groups is 2. The third-order valence-electron chi connectivity index (χ3n) is 4.53. The highest BCUT2D eigenvalue weighted by Crippen LogP contribution is 2.30. The second-order valence-electron chi connectivity index (χ2n) is 6.43. The zero-order chi connectivity index (χ0) is 18.8. The van der Waals surface area contributed by atoms with Crippen LogP contribution in [-0.2, 0) is 11.3 Å². The van der Waals surface area contributed by atoms with Gasteiger partial charge in [0.25, 0.3) is 0 Å². The number of hydrogen-bond acceptors (Lipinski definition) is 5. The van der Waals surface area contributed by atoms with Crippen molar-refractivity contribution in [1.82, 2.24) is 9.88 Å². The molecule has 1 aliphatic carbocycles. The molecule has 2 aromatic carbocycles. The molecule has 7 heteroatoms. The van der Waals surface area contributed by atoms with Crippen LogP contribution in [0.4, 0.5) is 10.5 Å². The summed E-state index contributed by atoms with van der Waals surface area (Å²) in [7, 11) is 1.28. The highest BCUT2D eigenvalue weighted by molar-refractivity contribution is 6.01. The standard InChI is InChI=1S/C20H19N3O4/c1-26-19(24)17-12-27-18(21-17)11-23(14-9-10-14)20(25)22-16-8-4-6-13-5-2-3-7-15(13)16/h2-8,12,14H,9-11H2,1H3,(H,22,25). The van der Waals surface area contributed by atoms with Gasteiger partial charge in [0.1, 0.15) is 6.26 Å². The minimum Gasteiger partial charge on any atom is -0.464 e. The Morgan fingerprint density at radius 1 is 1.22 bits per heavy atom. The average molecular weight is 365 g/mol. The number of hydrogen-bond donors (Lipinski definition) is 1. The van der Waals surface area contributed by atoms with E-state index in [1.165, 1.54) is 13.4 Å². The van der Waals surface area contributed by atoms with Crippen LogP contribution in [-0.4, -0.2) is 35.0 Å². The minimum atomic E-state index is -0.567. The lowest BCUT2D eigenvalue weighted by Crippen LogP contribution is -2.36. The second kappa shape index (κ2) is 7.11. The van der Waals surface area contributed by atoms with E-state index in [9.17, 15) is 9.59 Å². The van der Waals surface area contributed by atoms with Crippen molar-refractivity contribution in [2.45, 2.75) is 25.4 Å². The zero-order valence-corrected chi connectivity index (χ0v) is 14.8. The molecular formula is C20H19N3O4. The number of ether oxygens (including phenoxy) is 1. The maximum absolute atomic E-state index is 12.9. The number of urea groups is 1. The number of aromatic nitrogens is 1. The summed E-state index contributed by atoms with van der Waals surface area (Å²) in [5.41, 5.74) is 0.851. The SMILES string of the molecule is COC(=O)c1coc(CN(C(=O)Nc2cccc3ccccc23)C2CC2)n1. The number of rotatable bonds is 5. The third kappa shape index (κ3) is 3.62. The molecule has 1 aromatic heterocycles. The van der Waals surface area contributed by atoms with Crippen LogP contribution >= 0.6 is 0 Å². The van der Waals surface area contributed by atoms with Crippen molar-refractivity contribution in [3.8, 4) is 0 Å². The van der Waals surface area contributed by atoms with Crippen LogP contribution in [0.3, 0.4) is 0 Å². The van der Waals surface area contributed by atoms with E-state index >= 15 is 0 Å². The van der Waals surface area contributed by atoms with Crippen molar-refractivity contribution in [3.05, 3.63) is 60.3 Å². The topological polar surface area (TPSA) is 84.7 Å². The first-order valence-corrected chi connectivity index (χ1v) is 8.74. The Bertz CT molecular complexity index is 988. The van der Waals surface area contributed by atoms with Gasteiger partial charge in [-0.15, -0.1) is 0 Å². The largest absolute Gasteiger partial charge is 0.464 e. The molecule has 0 bridgehead atoms. The molecule has 0 spiro atoms. The number of methoxy groups -OCH3 is 1. The summed E-state index contributed by atoms with van der Waals surface area (Å²) in [4.78, 5) is 30.2. The van der Waals surface area contributed by atoms with Crippen molar-refractivity contribution in [1.29, 1.82) is 0 Å². The molecule has 1 N–H and O–H groups in total. The first kappa shape index (κ1) is 17.1. The Labute approximate surface area is 155 Å². The van der Waals surface area contributed by atoms with Crippen LogP contribution in [0.2, 0.25) is 0 Å². The van der Waals surface area contributed by atoms with Gasteiger partial charge >= 0.3 is 12.0 Å². The van der Waals surface area contributed by atoms with Crippen LogP contribution in [0.1, 0.15) is 29.2 Å². The number of anilines is 1. The summed E-state index contributed by atoms with van der Waals surface area (Å²) in [6.07, 6.45) is 3.12. The smallest absolute Gasteiger partial charge is 0.360 e.